The highest BCUT2D eigenvalue weighted by atomic mass is 19.4. The first-order chi connectivity index (χ1) is 12.8. The molecule has 1 aliphatic heterocycles. The first kappa shape index (κ1) is 18.8. The molecule has 0 aromatic heterocycles. The van der Waals surface area contributed by atoms with E-state index in [0.29, 0.717) is 30.9 Å². The van der Waals surface area contributed by atoms with Gasteiger partial charge in [0.1, 0.15) is 5.75 Å². The average Bonchev–Trinajstić information content (AvgIpc) is 2.80. The smallest absolute Gasteiger partial charge is 0.406 e. The minimum Gasteiger partial charge on any atom is -0.406 e. The summed E-state index contributed by atoms with van der Waals surface area (Å²) in [6.07, 6.45) is -4.21. The highest BCUT2D eigenvalue weighted by molar-refractivity contribution is 6.09. The van der Waals surface area contributed by atoms with Crippen LogP contribution in [0.3, 0.4) is 0 Å². The van der Waals surface area contributed by atoms with Crippen LogP contribution in [-0.4, -0.2) is 31.3 Å². The number of ether oxygens (including phenoxy) is 1. The average molecular weight is 378 g/mol. The maximum Gasteiger partial charge on any atom is 0.573 e. The van der Waals surface area contributed by atoms with Crippen LogP contribution in [0.2, 0.25) is 0 Å². The Bertz CT molecular complexity index is 850. The molecule has 1 aliphatic rings. The van der Waals surface area contributed by atoms with Crippen LogP contribution in [0.1, 0.15) is 23.7 Å². The van der Waals surface area contributed by atoms with Crippen molar-refractivity contribution in [3.8, 4) is 5.75 Å². The number of hydrogen-bond donors (Lipinski definition) is 0. The molecule has 27 heavy (non-hydrogen) atoms. The van der Waals surface area contributed by atoms with Crippen molar-refractivity contribution in [2.45, 2.75) is 19.7 Å². The number of amides is 2. The van der Waals surface area contributed by atoms with Gasteiger partial charge in [-0.3, -0.25) is 9.59 Å². The number of rotatable bonds is 2. The van der Waals surface area contributed by atoms with Gasteiger partial charge >= 0.3 is 6.36 Å². The van der Waals surface area contributed by atoms with Gasteiger partial charge in [0.15, 0.2) is 0 Å². The van der Waals surface area contributed by atoms with Gasteiger partial charge in [-0.1, -0.05) is 12.1 Å². The van der Waals surface area contributed by atoms with Crippen molar-refractivity contribution < 1.29 is 27.5 Å². The van der Waals surface area contributed by atoms with Crippen LogP contribution in [-0.2, 0) is 4.79 Å². The molecule has 1 heterocycles. The molecular formula is C19H17F3N2O3. The highest BCUT2D eigenvalue weighted by Gasteiger charge is 2.31. The largest absolute Gasteiger partial charge is 0.573 e. The van der Waals surface area contributed by atoms with E-state index >= 15 is 0 Å². The molecule has 2 amide bonds. The van der Waals surface area contributed by atoms with E-state index in [0.717, 1.165) is 12.1 Å². The molecule has 0 fully saturated rings. The SMILES string of the molecule is CC(=O)N1CCCN(C(=O)c2ccc(OC(F)(F)F)cc2)c2ccccc21. The molecule has 0 spiro atoms. The van der Waals surface area contributed by atoms with Crippen LogP contribution in [0.5, 0.6) is 5.75 Å². The number of para-hydroxylation sites is 2. The Morgan fingerprint density at radius 1 is 0.926 bits per heavy atom. The topological polar surface area (TPSA) is 49.9 Å². The van der Waals surface area contributed by atoms with Gasteiger partial charge in [-0.05, 0) is 42.8 Å². The summed E-state index contributed by atoms with van der Waals surface area (Å²) >= 11 is 0. The highest BCUT2D eigenvalue weighted by Crippen LogP contribution is 2.33. The molecule has 2 aromatic rings. The molecule has 0 bridgehead atoms. The summed E-state index contributed by atoms with van der Waals surface area (Å²) in [5.41, 5.74) is 1.45. The van der Waals surface area contributed by atoms with Gasteiger partial charge < -0.3 is 14.5 Å². The Hall–Kier alpha value is -3.03. The molecule has 0 atom stereocenters. The molecule has 0 radical (unpaired) electrons. The quantitative estimate of drug-likeness (QED) is 0.794. The lowest BCUT2D eigenvalue weighted by Gasteiger charge is -2.25. The second-order valence-electron chi connectivity index (χ2n) is 6.04. The zero-order valence-corrected chi connectivity index (χ0v) is 14.5. The van der Waals surface area contributed by atoms with Crippen LogP contribution in [0, 0.1) is 0 Å². The molecular weight excluding hydrogens is 361 g/mol. The van der Waals surface area contributed by atoms with Gasteiger partial charge in [0.05, 0.1) is 11.4 Å². The number of anilines is 2. The zero-order chi connectivity index (χ0) is 19.6. The molecule has 5 nitrogen and oxygen atoms in total. The third kappa shape index (κ3) is 4.21. The Morgan fingerprint density at radius 3 is 2.04 bits per heavy atom. The first-order valence-corrected chi connectivity index (χ1v) is 8.31. The Kier molecular flexibility index (Phi) is 5.07. The Labute approximate surface area is 153 Å². The molecule has 0 saturated carbocycles. The van der Waals surface area contributed by atoms with Crippen LogP contribution in [0.25, 0.3) is 0 Å². The molecule has 2 aromatic carbocycles. The number of halogens is 3. The number of hydrogen-bond acceptors (Lipinski definition) is 3. The Morgan fingerprint density at radius 2 is 1.48 bits per heavy atom. The van der Waals surface area contributed by atoms with Crippen molar-refractivity contribution in [2.75, 3.05) is 22.9 Å². The third-order valence-electron chi connectivity index (χ3n) is 4.19. The van der Waals surface area contributed by atoms with Gasteiger partial charge in [-0.2, -0.15) is 0 Å². The van der Waals surface area contributed by atoms with Crippen molar-refractivity contribution in [1.29, 1.82) is 0 Å². The van der Waals surface area contributed by atoms with E-state index in [1.807, 2.05) is 0 Å². The van der Waals surface area contributed by atoms with Crippen molar-refractivity contribution in [3.63, 3.8) is 0 Å². The zero-order valence-electron chi connectivity index (χ0n) is 14.5. The predicted molar refractivity (Wildman–Crippen MR) is 93.9 cm³/mol. The summed E-state index contributed by atoms with van der Waals surface area (Å²) in [7, 11) is 0. The van der Waals surface area contributed by atoms with Gasteiger partial charge in [0.2, 0.25) is 5.91 Å². The summed E-state index contributed by atoms with van der Waals surface area (Å²) in [6.45, 7) is 2.34. The first-order valence-electron chi connectivity index (χ1n) is 8.31. The minimum absolute atomic E-state index is 0.120. The molecule has 0 saturated heterocycles. The molecule has 0 unspecified atom stereocenters. The lowest BCUT2D eigenvalue weighted by molar-refractivity contribution is -0.274. The third-order valence-corrected chi connectivity index (χ3v) is 4.19. The summed E-state index contributed by atoms with van der Waals surface area (Å²) in [4.78, 5) is 28.0. The van der Waals surface area contributed by atoms with Gasteiger partial charge in [0, 0.05) is 25.6 Å². The van der Waals surface area contributed by atoms with Gasteiger partial charge in [-0.15, -0.1) is 13.2 Å². The lowest BCUT2D eigenvalue weighted by atomic mass is 10.1. The van der Waals surface area contributed by atoms with E-state index in [2.05, 4.69) is 4.74 Å². The lowest BCUT2D eigenvalue weighted by Crippen LogP contribution is -2.31. The van der Waals surface area contributed by atoms with Crippen molar-refractivity contribution in [1.82, 2.24) is 0 Å². The minimum atomic E-state index is -4.79. The maximum atomic E-state index is 12.9. The van der Waals surface area contributed by atoms with Crippen LogP contribution in [0.15, 0.2) is 48.5 Å². The fourth-order valence-electron chi connectivity index (χ4n) is 3.04. The normalized spacial score (nSPS) is 14.4. The number of fused-ring (bicyclic) bond motifs is 1. The summed E-state index contributed by atoms with van der Waals surface area (Å²) in [5, 5.41) is 0. The van der Waals surface area contributed by atoms with Crippen molar-refractivity contribution in [3.05, 3.63) is 54.1 Å². The van der Waals surface area contributed by atoms with Gasteiger partial charge in [0.25, 0.3) is 5.91 Å². The molecule has 8 heteroatoms. The summed E-state index contributed by atoms with van der Waals surface area (Å²) in [5.74, 6) is -0.866. The second kappa shape index (κ2) is 7.30. The standard InChI is InChI=1S/C19H17F3N2O3/c1-13(25)23-11-4-12-24(17-6-3-2-5-16(17)23)18(26)14-7-9-15(10-8-14)27-19(20,21)22/h2-3,5-10H,4,11-12H2,1H3. The van der Waals surface area contributed by atoms with E-state index in [1.165, 1.54) is 24.0 Å². The summed E-state index contributed by atoms with van der Waals surface area (Å²) in [6, 6.07) is 11.9. The monoisotopic (exact) mass is 378 g/mol. The fourth-order valence-corrected chi connectivity index (χ4v) is 3.04. The van der Waals surface area contributed by atoms with Crippen LogP contribution >= 0.6 is 0 Å². The molecule has 142 valence electrons. The van der Waals surface area contributed by atoms with Crippen LogP contribution in [0.4, 0.5) is 24.5 Å². The van der Waals surface area contributed by atoms with E-state index in [4.69, 9.17) is 0 Å². The number of alkyl halides is 3. The van der Waals surface area contributed by atoms with E-state index < -0.39 is 12.1 Å². The number of benzene rings is 2. The maximum absolute atomic E-state index is 12.9. The number of carbonyl (C=O) groups is 2. The van der Waals surface area contributed by atoms with Gasteiger partial charge in [-0.25, -0.2) is 0 Å². The molecule has 0 aliphatic carbocycles. The summed E-state index contributed by atoms with van der Waals surface area (Å²) < 4.78 is 40.7. The second-order valence-corrected chi connectivity index (χ2v) is 6.04. The van der Waals surface area contributed by atoms with Crippen LogP contribution < -0.4 is 14.5 Å². The number of carbonyl (C=O) groups excluding carboxylic acids is 2. The van der Waals surface area contributed by atoms with E-state index in [9.17, 15) is 22.8 Å². The van der Waals surface area contributed by atoms with Crippen molar-refractivity contribution in [2.24, 2.45) is 0 Å². The Balaban J connectivity index is 1.90. The molecule has 3 rings (SSSR count). The predicted octanol–water partition coefficient (Wildman–Crippen LogP) is 3.99. The fraction of sp³-hybridized carbons (Fsp3) is 0.263. The molecule has 0 N–H and O–H groups in total. The van der Waals surface area contributed by atoms with E-state index in [1.54, 1.807) is 29.2 Å². The van der Waals surface area contributed by atoms with Crippen molar-refractivity contribution >= 4 is 23.2 Å². The number of nitrogens with zero attached hydrogens (tertiary/aromatic N) is 2. The van der Waals surface area contributed by atoms with E-state index in [-0.39, 0.29) is 17.4 Å².